The fraction of sp³-hybridized carbons (Fsp3) is 0.458. The Kier molecular flexibility index (Phi) is 6.87. The van der Waals surface area contributed by atoms with Gasteiger partial charge in [0.25, 0.3) is 0 Å². The largest absolute Gasteiger partial charge is 0.322 e. The summed E-state index contributed by atoms with van der Waals surface area (Å²) in [4.78, 5) is 3.30. The van der Waals surface area contributed by atoms with Crippen molar-refractivity contribution < 1.29 is 9.80 Å². The van der Waals surface area contributed by atoms with Gasteiger partial charge in [0, 0.05) is 18.0 Å². The highest BCUT2D eigenvalue weighted by Gasteiger charge is 2.36. The standard InChI is InChI=1S/C24H32N6/c1-20(2)23(24-25-26-27-30(24)14-13-21-9-5-3-6-10-21)29-17-15-28(16-18-29)19-22-11-7-4-8-12-22/h3-12,20,23H,13-19H2,1-2H3/p+2/t23-/m1/s1. The molecular formula is C24H34N6+2. The Balaban J connectivity index is 1.39. The summed E-state index contributed by atoms with van der Waals surface area (Å²) in [5, 5.41) is 12.9. The summed E-state index contributed by atoms with van der Waals surface area (Å²) in [6.07, 6.45) is 0.952. The van der Waals surface area contributed by atoms with Crippen molar-refractivity contribution in [2.24, 2.45) is 5.92 Å². The SMILES string of the molecule is CC(C)[C@H](c1nnnn1CCc1ccccc1)[NH+]1CC[NH+](Cc2ccccc2)CC1. The fourth-order valence-corrected chi connectivity index (χ4v) is 4.72. The minimum Gasteiger partial charge on any atom is -0.322 e. The molecule has 0 amide bonds. The molecule has 0 unspecified atom stereocenters. The predicted molar refractivity (Wildman–Crippen MR) is 117 cm³/mol. The lowest BCUT2D eigenvalue weighted by molar-refractivity contribution is -1.03. The van der Waals surface area contributed by atoms with Crippen molar-refractivity contribution in [2.45, 2.75) is 39.4 Å². The van der Waals surface area contributed by atoms with Gasteiger partial charge in [-0.25, -0.2) is 4.68 Å². The Morgan fingerprint density at radius 2 is 1.50 bits per heavy atom. The third-order valence-electron chi connectivity index (χ3n) is 6.30. The number of nitrogens with one attached hydrogen (secondary N) is 2. The van der Waals surface area contributed by atoms with Gasteiger partial charge in [0.15, 0.2) is 6.04 Å². The fourth-order valence-electron chi connectivity index (χ4n) is 4.72. The van der Waals surface area contributed by atoms with Crippen molar-refractivity contribution in [1.29, 1.82) is 0 Å². The molecule has 6 nitrogen and oxygen atoms in total. The van der Waals surface area contributed by atoms with Crippen LogP contribution in [0.2, 0.25) is 0 Å². The van der Waals surface area contributed by atoms with E-state index in [9.17, 15) is 0 Å². The van der Waals surface area contributed by atoms with Crippen molar-refractivity contribution in [3.8, 4) is 0 Å². The van der Waals surface area contributed by atoms with Gasteiger partial charge in [-0.1, -0.05) is 74.5 Å². The molecule has 1 atom stereocenters. The minimum absolute atomic E-state index is 0.342. The van der Waals surface area contributed by atoms with Crippen LogP contribution in [0.4, 0.5) is 0 Å². The summed E-state index contributed by atoms with van der Waals surface area (Å²) >= 11 is 0. The Morgan fingerprint density at radius 1 is 0.867 bits per heavy atom. The zero-order chi connectivity index (χ0) is 20.8. The molecule has 0 aliphatic carbocycles. The molecule has 158 valence electrons. The number of nitrogens with zero attached hydrogens (tertiary/aromatic N) is 4. The molecule has 30 heavy (non-hydrogen) atoms. The van der Waals surface area contributed by atoms with E-state index in [1.165, 1.54) is 24.2 Å². The second-order valence-electron chi connectivity index (χ2n) is 8.79. The molecule has 0 spiro atoms. The lowest BCUT2D eigenvalue weighted by Gasteiger charge is -2.35. The van der Waals surface area contributed by atoms with Crippen molar-refractivity contribution in [3.63, 3.8) is 0 Å². The molecular weight excluding hydrogens is 372 g/mol. The van der Waals surface area contributed by atoms with E-state index in [2.05, 4.69) is 90.0 Å². The van der Waals surface area contributed by atoms with Crippen molar-refractivity contribution in [2.75, 3.05) is 26.2 Å². The van der Waals surface area contributed by atoms with Crippen LogP contribution < -0.4 is 9.80 Å². The van der Waals surface area contributed by atoms with E-state index in [-0.39, 0.29) is 0 Å². The second-order valence-corrected chi connectivity index (χ2v) is 8.79. The summed E-state index contributed by atoms with van der Waals surface area (Å²) in [6.45, 7) is 11.3. The number of hydrogen-bond acceptors (Lipinski definition) is 3. The number of tetrazole rings is 1. The first-order valence-corrected chi connectivity index (χ1v) is 11.2. The van der Waals surface area contributed by atoms with Crippen LogP contribution >= 0.6 is 0 Å². The van der Waals surface area contributed by atoms with Crippen molar-refractivity contribution in [1.82, 2.24) is 20.2 Å². The minimum atomic E-state index is 0.342. The van der Waals surface area contributed by atoms with Crippen molar-refractivity contribution in [3.05, 3.63) is 77.6 Å². The Morgan fingerprint density at radius 3 is 2.13 bits per heavy atom. The first kappa shape index (κ1) is 20.7. The number of rotatable bonds is 8. The van der Waals surface area contributed by atoms with E-state index in [0.717, 1.165) is 38.4 Å². The molecule has 3 aromatic rings. The summed E-state index contributed by atoms with van der Waals surface area (Å²) in [6, 6.07) is 21.8. The molecule has 6 heteroatoms. The van der Waals surface area contributed by atoms with E-state index in [4.69, 9.17) is 0 Å². The third-order valence-corrected chi connectivity index (χ3v) is 6.30. The molecule has 0 bridgehead atoms. The zero-order valence-corrected chi connectivity index (χ0v) is 18.2. The Labute approximate surface area is 179 Å². The maximum absolute atomic E-state index is 4.49. The highest BCUT2D eigenvalue weighted by atomic mass is 15.6. The van der Waals surface area contributed by atoms with E-state index in [1.54, 1.807) is 9.80 Å². The molecule has 1 fully saturated rings. The maximum Gasteiger partial charge on any atom is 0.209 e. The Hall–Kier alpha value is -2.57. The van der Waals surface area contributed by atoms with Crippen LogP contribution in [0.15, 0.2) is 60.7 Å². The summed E-state index contributed by atoms with van der Waals surface area (Å²) < 4.78 is 2.04. The first-order valence-electron chi connectivity index (χ1n) is 11.2. The number of aromatic nitrogens is 4. The van der Waals surface area contributed by atoms with E-state index in [1.807, 2.05) is 4.68 Å². The molecule has 2 N–H and O–H groups in total. The van der Waals surface area contributed by atoms with Crippen LogP contribution in [0.5, 0.6) is 0 Å². The monoisotopic (exact) mass is 406 g/mol. The van der Waals surface area contributed by atoms with Gasteiger partial charge in [-0.15, -0.1) is 5.10 Å². The lowest BCUT2D eigenvalue weighted by atomic mass is 10.0. The predicted octanol–water partition coefficient (Wildman–Crippen LogP) is 0.597. The molecule has 2 aromatic carbocycles. The molecule has 1 aliphatic heterocycles. The van der Waals surface area contributed by atoms with Gasteiger partial charge in [-0.3, -0.25) is 0 Å². The average molecular weight is 407 g/mol. The number of hydrogen-bond donors (Lipinski definition) is 2. The van der Waals surface area contributed by atoms with Crippen LogP contribution in [0, 0.1) is 5.92 Å². The van der Waals surface area contributed by atoms with Gasteiger partial charge >= 0.3 is 0 Å². The first-order chi connectivity index (χ1) is 14.7. The normalized spacial score (nSPS) is 20.4. The molecule has 0 radical (unpaired) electrons. The highest BCUT2D eigenvalue weighted by molar-refractivity contribution is 5.15. The number of benzene rings is 2. The number of aryl methyl sites for hydroxylation is 2. The average Bonchev–Trinajstić information content (AvgIpc) is 3.23. The summed E-state index contributed by atoms with van der Waals surface area (Å²) in [7, 11) is 0. The van der Waals surface area contributed by atoms with E-state index in [0.29, 0.717) is 12.0 Å². The summed E-state index contributed by atoms with van der Waals surface area (Å²) in [5.74, 6) is 1.54. The molecule has 1 aromatic heterocycles. The van der Waals surface area contributed by atoms with Crippen LogP contribution in [0.1, 0.15) is 36.8 Å². The summed E-state index contributed by atoms with van der Waals surface area (Å²) in [5.41, 5.74) is 2.76. The number of quaternary nitrogens is 2. The molecule has 2 heterocycles. The van der Waals surface area contributed by atoms with Gasteiger partial charge in [-0.2, -0.15) is 0 Å². The van der Waals surface area contributed by atoms with Gasteiger partial charge in [0.2, 0.25) is 5.82 Å². The third kappa shape index (κ3) is 5.12. The molecule has 0 saturated carbocycles. The van der Waals surface area contributed by atoms with Crippen LogP contribution in [-0.2, 0) is 19.5 Å². The van der Waals surface area contributed by atoms with Gasteiger partial charge < -0.3 is 9.80 Å². The zero-order valence-electron chi connectivity index (χ0n) is 18.2. The highest BCUT2D eigenvalue weighted by Crippen LogP contribution is 2.16. The van der Waals surface area contributed by atoms with Crippen LogP contribution in [0.3, 0.4) is 0 Å². The Bertz CT molecular complexity index is 884. The van der Waals surface area contributed by atoms with Gasteiger partial charge in [0.1, 0.15) is 32.7 Å². The van der Waals surface area contributed by atoms with E-state index >= 15 is 0 Å². The smallest absolute Gasteiger partial charge is 0.209 e. The van der Waals surface area contributed by atoms with E-state index < -0.39 is 0 Å². The number of piperazine rings is 1. The molecule has 4 rings (SSSR count). The molecule has 1 aliphatic rings. The topological polar surface area (TPSA) is 52.5 Å². The molecule has 1 saturated heterocycles. The van der Waals surface area contributed by atoms with Crippen molar-refractivity contribution >= 4 is 0 Å². The van der Waals surface area contributed by atoms with Gasteiger partial charge in [-0.05, 0) is 22.4 Å². The lowest BCUT2D eigenvalue weighted by Crippen LogP contribution is -3.27. The van der Waals surface area contributed by atoms with Crippen LogP contribution in [0.25, 0.3) is 0 Å². The van der Waals surface area contributed by atoms with Gasteiger partial charge in [0.05, 0.1) is 0 Å². The van der Waals surface area contributed by atoms with Crippen LogP contribution in [-0.4, -0.2) is 46.4 Å². The second kappa shape index (κ2) is 9.96. The quantitative estimate of drug-likeness (QED) is 0.576. The maximum atomic E-state index is 4.49.